The summed E-state index contributed by atoms with van der Waals surface area (Å²) in [5.41, 5.74) is 3.18. The zero-order valence-corrected chi connectivity index (χ0v) is 26.8. The Kier molecular flexibility index (Phi) is 8.09. The molecule has 42 heavy (non-hydrogen) atoms. The normalized spacial score (nSPS) is 19.9. The third-order valence-electron chi connectivity index (χ3n) is 8.20. The van der Waals surface area contributed by atoms with Crippen LogP contribution in [0, 0.1) is 10.8 Å². The smallest absolute Gasteiger partial charge is 0.323 e. The van der Waals surface area contributed by atoms with Gasteiger partial charge in [-0.3, -0.25) is 14.4 Å². The first-order valence-electron chi connectivity index (χ1n) is 14.0. The van der Waals surface area contributed by atoms with Crippen LogP contribution in [0.1, 0.15) is 70.4 Å². The van der Waals surface area contributed by atoms with Crippen molar-refractivity contribution in [2.75, 3.05) is 13.7 Å². The summed E-state index contributed by atoms with van der Waals surface area (Å²) in [6.45, 7) is 8.01. The Labute approximate surface area is 259 Å². The second-order valence-electron chi connectivity index (χ2n) is 13.0. The molecule has 0 atom stereocenters. The van der Waals surface area contributed by atoms with Crippen LogP contribution >= 0.6 is 27.5 Å². The third-order valence-corrected chi connectivity index (χ3v) is 9.01. The number of carbonyl (C=O) groups is 3. The highest BCUT2D eigenvalue weighted by atomic mass is 79.9. The van der Waals surface area contributed by atoms with Gasteiger partial charge in [0, 0.05) is 45.8 Å². The maximum Gasteiger partial charge on any atom is 0.323 e. The van der Waals surface area contributed by atoms with Gasteiger partial charge >= 0.3 is 5.97 Å². The lowest BCUT2D eigenvalue weighted by Gasteiger charge is -2.48. The van der Waals surface area contributed by atoms with E-state index >= 15 is 0 Å². The van der Waals surface area contributed by atoms with Gasteiger partial charge in [-0.1, -0.05) is 67.4 Å². The number of aliphatic carboxylic acids is 1. The minimum atomic E-state index is -1.02. The van der Waals surface area contributed by atoms with Gasteiger partial charge in [-0.05, 0) is 59.1 Å². The molecule has 3 aliphatic rings. The molecule has 2 aliphatic carbocycles. The first kappa shape index (κ1) is 30.4. The second kappa shape index (κ2) is 11.2. The zero-order chi connectivity index (χ0) is 30.6. The summed E-state index contributed by atoms with van der Waals surface area (Å²) in [5.74, 6) is -1.12. The van der Waals surface area contributed by atoms with Gasteiger partial charge in [0.05, 0.1) is 12.1 Å². The minimum absolute atomic E-state index is 0.0866. The quantitative estimate of drug-likeness (QED) is 0.331. The fourth-order valence-corrected chi connectivity index (χ4v) is 7.03. The standard InChI is InChI=1S/C33H35BrClNO6/c1-32(2)12-22-29(24(37)14-32)28(30-23(36(22)16-27(39)40)13-33(3,4)15-25(30)38)19-10-21(35)31(26(11-19)41-5)42-17-18-6-8-20(34)9-7-18/h6-11,28H,12-17H2,1-5H3,(H,39,40). The lowest BCUT2D eigenvalue weighted by Crippen LogP contribution is -2.45. The molecule has 1 aliphatic heterocycles. The molecule has 0 radical (unpaired) electrons. The first-order chi connectivity index (χ1) is 19.7. The highest BCUT2D eigenvalue weighted by molar-refractivity contribution is 9.10. The summed E-state index contributed by atoms with van der Waals surface area (Å²) in [6.07, 6.45) is 1.63. The van der Waals surface area contributed by atoms with E-state index in [4.69, 9.17) is 21.1 Å². The number of allylic oxidation sites excluding steroid dienone is 4. The van der Waals surface area contributed by atoms with Gasteiger partial charge in [0.25, 0.3) is 0 Å². The van der Waals surface area contributed by atoms with Crippen molar-refractivity contribution >= 4 is 45.1 Å². The Morgan fingerprint density at radius 1 is 0.976 bits per heavy atom. The van der Waals surface area contributed by atoms with Gasteiger partial charge in [-0.25, -0.2) is 0 Å². The number of carboxylic acid groups (broad SMARTS) is 1. The van der Waals surface area contributed by atoms with Crippen LogP contribution in [0.4, 0.5) is 0 Å². The molecule has 0 spiro atoms. The Balaban J connectivity index is 1.66. The van der Waals surface area contributed by atoms with E-state index in [1.165, 1.54) is 7.11 Å². The number of nitrogens with zero attached hydrogens (tertiary/aromatic N) is 1. The number of Topliss-reactive ketones (excluding diaryl/α,β-unsaturated/α-hetero) is 2. The highest BCUT2D eigenvalue weighted by Crippen LogP contribution is 2.55. The predicted octanol–water partition coefficient (Wildman–Crippen LogP) is 7.46. The summed E-state index contributed by atoms with van der Waals surface area (Å²) in [5, 5.41) is 10.2. The summed E-state index contributed by atoms with van der Waals surface area (Å²) in [4.78, 5) is 41.6. The Bertz CT molecular complexity index is 1480. The maximum absolute atomic E-state index is 13.9. The Hall–Kier alpha value is -3.10. The van der Waals surface area contributed by atoms with E-state index < -0.39 is 11.9 Å². The van der Waals surface area contributed by atoms with Crippen LogP contribution in [0.2, 0.25) is 5.02 Å². The summed E-state index contributed by atoms with van der Waals surface area (Å²) >= 11 is 10.3. The average molecular weight is 657 g/mol. The van der Waals surface area contributed by atoms with Crippen LogP contribution in [0.5, 0.6) is 11.5 Å². The van der Waals surface area contributed by atoms with Gasteiger partial charge in [-0.15, -0.1) is 0 Å². The van der Waals surface area contributed by atoms with E-state index in [2.05, 4.69) is 15.9 Å². The molecule has 0 amide bonds. The molecule has 0 bridgehead atoms. The number of methoxy groups -OCH3 is 1. The van der Waals surface area contributed by atoms with Gasteiger partial charge in [-0.2, -0.15) is 0 Å². The van der Waals surface area contributed by atoms with Crippen molar-refractivity contribution in [2.24, 2.45) is 10.8 Å². The monoisotopic (exact) mass is 655 g/mol. The van der Waals surface area contributed by atoms with Crippen molar-refractivity contribution in [1.29, 1.82) is 0 Å². The van der Waals surface area contributed by atoms with Crippen LogP contribution in [0.25, 0.3) is 0 Å². The molecule has 2 aromatic rings. The second-order valence-corrected chi connectivity index (χ2v) is 14.3. The van der Waals surface area contributed by atoms with E-state index in [-0.39, 0.29) is 35.5 Å². The van der Waals surface area contributed by atoms with Crippen molar-refractivity contribution in [3.8, 4) is 11.5 Å². The summed E-state index contributed by atoms with van der Waals surface area (Å²) in [6, 6.07) is 11.3. The molecule has 1 heterocycles. The van der Waals surface area contributed by atoms with Gasteiger partial charge < -0.3 is 19.5 Å². The Morgan fingerprint density at radius 2 is 1.52 bits per heavy atom. The molecule has 9 heteroatoms. The van der Waals surface area contributed by atoms with Gasteiger partial charge in [0.2, 0.25) is 0 Å². The minimum Gasteiger partial charge on any atom is -0.493 e. The lowest BCUT2D eigenvalue weighted by atomic mass is 9.63. The molecule has 0 saturated heterocycles. The number of rotatable bonds is 7. The van der Waals surface area contributed by atoms with Crippen molar-refractivity contribution < 1.29 is 29.0 Å². The lowest BCUT2D eigenvalue weighted by molar-refractivity contribution is -0.138. The molecule has 7 nitrogen and oxygen atoms in total. The van der Waals surface area contributed by atoms with Crippen molar-refractivity contribution in [1.82, 2.24) is 4.90 Å². The number of ether oxygens (including phenoxy) is 2. The van der Waals surface area contributed by atoms with Crippen molar-refractivity contribution in [2.45, 2.75) is 65.9 Å². The first-order valence-corrected chi connectivity index (χ1v) is 15.1. The van der Waals surface area contributed by atoms with E-state index in [9.17, 15) is 19.5 Å². The number of carboxylic acids is 1. The van der Waals surface area contributed by atoms with E-state index in [0.717, 1.165) is 10.0 Å². The molecule has 0 fully saturated rings. The molecular formula is C33H35BrClNO6. The number of hydrogen-bond donors (Lipinski definition) is 1. The largest absolute Gasteiger partial charge is 0.493 e. The van der Waals surface area contributed by atoms with Crippen molar-refractivity contribution in [3.05, 3.63) is 79.6 Å². The van der Waals surface area contributed by atoms with Crippen LogP contribution < -0.4 is 9.47 Å². The SMILES string of the molecule is COc1cc(C2C3=C(CC(C)(C)CC3=O)N(CC(=O)O)C3=C2C(=O)CC(C)(C)C3)cc(Cl)c1OCc1ccc(Br)cc1. The predicted molar refractivity (Wildman–Crippen MR) is 164 cm³/mol. The molecule has 0 aromatic heterocycles. The number of benzene rings is 2. The fourth-order valence-electron chi connectivity index (χ4n) is 6.49. The van der Waals surface area contributed by atoms with E-state index in [1.54, 1.807) is 17.0 Å². The zero-order valence-electron chi connectivity index (χ0n) is 24.5. The van der Waals surface area contributed by atoms with E-state index in [1.807, 2.05) is 52.0 Å². The third kappa shape index (κ3) is 5.88. The van der Waals surface area contributed by atoms with Crippen molar-refractivity contribution in [3.63, 3.8) is 0 Å². The number of halogens is 2. The highest BCUT2D eigenvalue weighted by Gasteiger charge is 2.49. The molecule has 0 unspecified atom stereocenters. The summed E-state index contributed by atoms with van der Waals surface area (Å²) in [7, 11) is 1.52. The van der Waals surface area contributed by atoms with E-state index in [0.29, 0.717) is 70.3 Å². The van der Waals surface area contributed by atoms with Crippen LogP contribution in [0.15, 0.2) is 63.4 Å². The number of hydrogen-bond acceptors (Lipinski definition) is 6. The molecule has 1 N–H and O–H groups in total. The molecule has 222 valence electrons. The van der Waals surface area contributed by atoms with Crippen LogP contribution in [0.3, 0.4) is 0 Å². The molecule has 2 aromatic carbocycles. The van der Waals surface area contributed by atoms with Crippen LogP contribution in [-0.4, -0.2) is 41.2 Å². The maximum atomic E-state index is 13.9. The molecule has 0 saturated carbocycles. The average Bonchev–Trinajstić information content (AvgIpc) is 2.87. The molecular weight excluding hydrogens is 622 g/mol. The Morgan fingerprint density at radius 3 is 2.02 bits per heavy atom. The number of carbonyl (C=O) groups excluding carboxylic acids is 2. The van der Waals surface area contributed by atoms with Crippen LogP contribution in [-0.2, 0) is 21.0 Å². The summed E-state index contributed by atoms with van der Waals surface area (Å²) < 4.78 is 12.8. The van der Waals surface area contributed by atoms with Gasteiger partial charge in [0.15, 0.2) is 23.1 Å². The topological polar surface area (TPSA) is 93.1 Å². The fraction of sp³-hybridized carbons (Fsp3) is 0.424. The molecule has 5 rings (SSSR count). The van der Waals surface area contributed by atoms with Gasteiger partial charge in [0.1, 0.15) is 13.2 Å². The number of ketones is 2.